The molecular formula is C24H16Cl2N2O5S. The molecule has 0 unspecified atom stereocenters. The number of halogens is 2. The highest BCUT2D eigenvalue weighted by Crippen LogP contribution is 2.27. The van der Waals surface area contributed by atoms with E-state index in [2.05, 4.69) is 9.71 Å². The third-order valence-corrected chi connectivity index (χ3v) is 7.15. The Bertz CT molecular complexity index is 1540. The average Bonchev–Trinajstić information content (AvgIpc) is 2.80. The maximum atomic E-state index is 13.1. The topological polar surface area (TPSA) is 113 Å². The standard InChI is InChI=1S/C24H16Cl2N2O5S/c25-20-10-9-17(12-21(20)26)34(32,33)28-16-7-5-14(6-8-16)24(31)23-19-4-2-1-3-18(19)15(13-27-23)11-22(29)30/h1-10,12-13,28H,11H2,(H,29,30). The van der Waals surface area contributed by atoms with Crippen LogP contribution in [0.15, 0.2) is 77.8 Å². The lowest BCUT2D eigenvalue weighted by Crippen LogP contribution is -2.13. The van der Waals surface area contributed by atoms with E-state index in [-0.39, 0.29) is 38.5 Å². The number of fused-ring (bicyclic) bond motifs is 1. The summed E-state index contributed by atoms with van der Waals surface area (Å²) < 4.78 is 27.7. The van der Waals surface area contributed by atoms with Crippen LogP contribution in [0.1, 0.15) is 21.6 Å². The number of anilines is 1. The van der Waals surface area contributed by atoms with E-state index >= 15 is 0 Å². The maximum absolute atomic E-state index is 13.1. The molecule has 0 spiro atoms. The Kier molecular flexibility index (Phi) is 6.56. The number of sulfonamides is 1. The Labute approximate surface area is 205 Å². The second-order valence-electron chi connectivity index (χ2n) is 7.34. The lowest BCUT2D eigenvalue weighted by molar-refractivity contribution is -0.136. The van der Waals surface area contributed by atoms with E-state index < -0.39 is 16.0 Å². The number of hydrogen-bond acceptors (Lipinski definition) is 5. The summed E-state index contributed by atoms with van der Waals surface area (Å²) in [5, 5.41) is 10.7. The summed E-state index contributed by atoms with van der Waals surface area (Å²) >= 11 is 11.8. The molecule has 34 heavy (non-hydrogen) atoms. The number of carbonyl (C=O) groups excluding carboxylic acids is 1. The normalized spacial score (nSPS) is 11.4. The van der Waals surface area contributed by atoms with Crippen molar-refractivity contribution >= 4 is 61.4 Å². The van der Waals surface area contributed by atoms with E-state index in [1.54, 1.807) is 24.3 Å². The summed E-state index contributed by atoms with van der Waals surface area (Å²) in [7, 11) is -3.92. The number of carbonyl (C=O) groups is 2. The van der Waals surface area contributed by atoms with E-state index in [1.807, 2.05) is 0 Å². The summed E-state index contributed by atoms with van der Waals surface area (Å²) in [4.78, 5) is 28.5. The van der Waals surface area contributed by atoms with Gasteiger partial charge in [0.1, 0.15) is 5.69 Å². The van der Waals surface area contributed by atoms with Crippen LogP contribution in [0, 0.1) is 0 Å². The van der Waals surface area contributed by atoms with Crippen LogP contribution in [-0.2, 0) is 21.2 Å². The van der Waals surface area contributed by atoms with Gasteiger partial charge in [0.25, 0.3) is 10.0 Å². The van der Waals surface area contributed by atoms with Crippen LogP contribution in [0.25, 0.3) is 10.8 Å². The number of benzene rings is 3. The second-order valence-corrected chi connectivity index (χ2v) is 9.83. The monoisotopic (exact) mass is 514 g/mol. The number of aliphatic carboxylic acids is 1. The number of nitrogens with zero attached hydrogens (tertiary/aromatic N) is 1. The number of rotatable bonds is 7. The van der Waals surface area contributed by atoms with E-state index in [0.717, 1.165) is 0 Å². The van der Waals surface area contributed by atoms with Gasteiger partial charge in [0, 0.05) is 22.8 Å². The zero-order valence-electron chi connectivity index (χ0n) is 17.3. The minimum absolute atomic E-state index is 0.0563. The smallest absolute Gasteiger partial charge is 0.307 e. The Hall–Kier alpha value is -3.46. The number of pyridine rings is 1. The number of nitrogens with one attached hydrogen (secondary N) is 1. The molecule has 2 N–H and O–H groups in total. The van der Waals surface area contributed by atoms with Crippen molar-refractivity contribution in [1.29, 1.82) is 0 Å². The zero-order chi connectivity index (χ0) is 24.5. The molecule has 0 radical (unpaired) electrons. The van der Waals surface area contributed by atoms with Crippen molar-refractivity contribution in [3.05, 3.63) is 99.8 Å². The van der Waals surface area contributed by atoms with Crippen molar-refractivity contribution in [3.63, 3.8) is 0 Å². The second kappa shape index (κ2) is 9.42. The minimum Gasteiger partial charge on any atom is -0.481 e. The molecule has 0 fully saturated rings. The van der Waals surface area contributed by atoms with Crippen LogP contribution in [0.4, 0.5) is 5.69 Å². The van der Waals surface area contributed by atoms with Gasteiger partial charge in [-0.2, -0.15) is 0 Å². The van der Waals surface area contributed by atoms with Crippen LogP contribution in [0.3, 0.4) is 0 Å². The van der Waals surface area contributed by atoms with Gasteiger partial charge in [-0.1, -0.05) is 47.5 Å². The van der Waals surface area contributed by atoms with E-state index in [4.69, 9.17) is 28.3 Å². The molecule has 0 bridgehead atoms. The number of carboxylic acid groups (broad SMARTS) is 1. The van der Waals surface area contributed by atoms with Crippen LogP contribution >= 0.6 is 23.2 Å². The number of ketones is 1. The van der Waals surface area contributed by atoms with Crippen molar-refractivity contribution in [1.82, 2.24) is 4.98 Å². The Morgan fingerprint density at radius 3 is 2.24 bits per heavy atom. The Morgan fingerprint density at radius 1 is 0.912 bits per heavy atom. The van der Waals surface area contributed by atoms with Gasteiger partial charge < -0.3 is 5.11 Å². The third kappa shape index (κ3) is 4.89. The van der Waals surface area contributed by atoms with Gasteiger partial charge in [-0.3, -0.25) is 19.3 Å². The lowest BCUT2D eigenvalue weighted by atomic mass is 9.98. The molecule has 0 aliphatic heterocycles. The predicted octanol–water partition coefficient (Wildman–Crippen LogP) is 5.20. The first-order valence-corrected chi connectivity index (χ1v) is 12.1. The SMILES string of the molecule is O=C(O)Cc1cnc(C(=O)c2ccc(NS(=O)(=O)c3ccc(Cl)c(Cl)c3)cc2)c2ccccc12. The molecule has 4 aromatic rings. The van der Waals surface area contributed by atoms with Crippen molar-refractivity contribution in [2.75, 3.05) is 4.72 Å². The van der Waals surface area contributed by atoms with Gasteiger partial charge >= 0.3 is 5.97 Å². The first-order chi connectivity index (χ1) is 16.2. The zero-order valence-corrected chi connectivity index (χ0v) is 19.7. The summed E-state index contributed by atoms with van der Waals surface area (Å²) in [6.45, 7) is 0. The summed E-state index contributed by atoms with van der Waals surface area (Å²) in [5.41, 5.74) is 1.22. The van der Waals surface area contributed by atoms with Gasteiger partial charge in [0.2, 0.25) is 5.78 Å². The highest BCUT2D eigenvalue weighted by Gasteiger charge is 2.19. The molecule has 1 heterocycles. The molecule has 1 aromatic heterocycles. The average molecular weight is 515 g/mol. The van der Waals surface area contributed by atoms with Gasteiger partial charge in [0.05, 0.1) is 21.4 Å². The molecular weight excluding hydrogens is 499 g/mol. The summed E-state index contributed by atoms with van der Waals surface area (Å²) in [6, 6.07) is 16.8. The molecule has 0 amide bonds. The largest absolute Gasteiger partial charge is 0.481 e. The molecule has 3 aromatic carbocycles. The first kappa shape index (κ1) is 23.7. The summed E-state index contributed by atoms with van der Waals surface area (Å²) in [5.74, 6) is -1.37. The molecule has 0 saturated heterocycles. The molecule has 4 rings (SSSR count). The molecule has 0 aliphatic carbocycles. The van der Waals surface area contributed by atoms with Gasteiger partial charge in [-0.05, 0) is 53.4 Å². The van der Waals surface area contributed by atoms with Crippen LogP contribution in [0.5, 0.6) is 0 Å². The molecule has 172 valence electrons. The maximum Gasteiger partial charge on any atom is 0.307 e. The Morgan fingerprint density at radius 2 is 1.59 bits per heavy atom. The fraction of sp³-hybridized carbons (Fsp3) is 0.0417. The fourth-order valence-electron chi connectivity index (χ4n) is 3.42. The minimum atomic E-state index is -3.92. The highest BCUT2D eigenvalue weighted by molar-refractivity contribution is 7.92. The number of carboxylic acids is 1. The van der Waals surface area contributed by atoms with Gasteiger partial charge in [-0.15, -0.1) is 0 Å². The fourth-order valence-corrected chi connectivity index (χ4v) is 4.87. The van der Waals surface area contributed by atoms with Gasteiger partial charge in [-0.25, -0.2) is 8.42 Å². The van der Waals surface area contributed by atoms with E-state index in [1.165, 1.54) is 48.7 Å². The molecule has 10 heteroatoms. The molecule has 7 nitrogen and oxygen atoms in total. The third-order valence-electron chi connectivity index (χ3n) is 5.04. The number of hydrogen-bond donors (Lipinski definition) is 2. The van der Waals surface area contributed by atoms with Crippen molar-refractivity contribution in [3.8, 4) is 0 Å². The van der Waals surface area contributed by atoms with Gasteiger partial charge in [0.15, 0.2) is 0 Å². The molecule has 0 atom stereocenters. The Balaban J connectivity index is 1.61. The van der Waals surface area contributed by atoms with E-state index in [0.29, 0.717) is 21.9 Å². The van der Waals surface area contributed by atoms with E-state index in [9.17, 15) is 18.0 Å². The molecule has 0 saturated carbocycles. The van der Waals surface area contributed by atoms with Crippen LogP contribution < -0.4 is 4.72 Å². The predicted molar refractivity (Wildman–Crippen MR) is 130 cm³/mol. The highest BCUT2D eigenvalue weighted by atomic mass is 35.5. The first-order valence-electron chi connectivity index (χ1n) is 9.87. The van der Waals surface area contributed by atoms with Crippen LogP contribution in [-0.4, -0.2) is 30.3 Å². The summed E-state index contributed by atoms with van der Waals surface area (Å²) in [6.07, 6.45) is 1.18. The van der Waals surface area contributed by atoms with Crippen LogP contribution in [0.2, 0.25) is 10.0 Å². The van der Waals surface area contributed by atoms with Crippen molar-refractivity contribution in [2.24, 2.45) is 0 Å². The number of aromatic nitrogens is 1. The lowest BCUT2D eigenvalue weighted by Gasteiger charge is -2.11. The van der Waals surface area contributed by atoms with Crippen molar-refractivity contribution in [2.45, 2.75) is 11.3 Å². The quantitative estimate of drug-likeness (QED) is 0.327. The molecule has 0 aliphatic rings. The van der Waals surface area contributed by atoms with Crippen molar-refractivity contribution < 1.29 is 23.1 Å².